The number of alkyl halides is 3. The van der Waals surface area contributed by atoms with Crippen LogP contribution in [0.25, 0.3) is 11.4 Å². The predicted molar refractivity (Wildman–Crippen MR) is 125 cm³/mol. The number of halogens is 3. The number of benzene rings is 1. The van der Waals surface area contributed by atoms with E-state index < -0.39 is 6.36 Å². The summed E-state index contributed by atoms with van der Waals surface area (Å²) in [4.78, 5) is 13.1. The molecule has 0 saturated carbocycles. The molecule has 35 heavy (non-hydrogen) atoms. The number of anilines is 2. The fourth-order valence-electron chi connectivity index (χ4n) is 2.90. The Labute approximate surface area is 202 Å². The monoisotopic (exact) mass is 502 g/mol. The minimum Gasteiger partial charge on any atom is -0.406 e. The maximum absolute atomic E-state index is 12.4. The van der Waals surface area contributed by atoms with E-state index in [0.29, 0.717) is 69.3 Å². The van der Waals surface area contributed by atoms with Crippen molar-refractivity contribution in [3.05, 3.63) is 24.3 Å². The van der Waals surface area contributed by atoms with Gasteiger partial charge in [-0.15, -0.1) is 13.2 Å². The average Bonchev–Trinajstić information content (AvgIpc) is 2.82. The molecular formula is C22H33F3N6O4. The number of ether oxygens (including phenoxy) is 3. The van der Waals surface area contributed by atoms with Crippen LogP contribution in [0.15, 0.2) is 24.3 Å². The lowest BCUT2D eigenvalue weighted by atomic mass is 10.2. The number of aromatic nitrogens is 3. The second-order valence-corrected chi connectivity index (χ2v) is 7.38. The van der Waals surface area contributed by atoms with Crippen molar-refractivity contribution >= 4 is 11.9 Å². The molecule has 5 N–H and O–H groups in total. The van der Waals surface area contributed by atoms with Crippen molar-refractivity contribution in [3.63, 3.8) is 0 Å². The summed E-state index contributed by atoms with van der Waals surface area (Å²) in [5.74, 6) is 0.602. The summed E-state index contributed by atoms with van der Waals surface area (Å²) < 4.78 is 51.9. The quantitative estimate of drug-likeness (QED) is 0.225. The van der Waals surface area contributed by atoms with E-state index in [1.807, 2.05) is 0 Å². The number of rotatable bonds is 18. The molecule has 0 aliphatic heterocycles. The Morgan fingerprint density at radius 3 is 2.06 bits per heavy atom. The number of nitrogens with one attached hydrogen (secondary N) is 2. The number of aliphatic hydroxyl groups excluding tert-OH is 1. The highest BCUT2D eigenvalue weighted by molar-refractivity contribution is 5.59. The average molecular weight is 503 g/mol. The number of hydrogen-bond donors (Lipinski definition) is 4. The Balaban J connectivity index is 2.00. The molecular weight excluding hydrogens is 469 g/mol. The molecule has 0 saturated heterocycles. The first-order valence-corrected chi connectivity index (χ1v) is 11.5. The molecule has 1 aromatic heterocycles. The second-order valence-electron chi connectivity index (χ2n) is 7.38. The lowest BCUT2D eigenvalue weighted by Gasteiger charge is -2.12. The molecule has 2 rings (SSSR count). The van der Waals surface area contributed by atoms with Crippen LogP contribution in [0, 0.1) is 0 Å². The molecule has 1 aromatic carbocycles. The molecule has 196 valence electrons. The van der Waals surface area contributed by atoms with Crippen molar-refractivity contribution in [2.75, 3.05) is 63.3 Å². The number of nitrogens with two attached hydrogens (primary N) is 1. The zero-order valence-corrected chi connectivity index (χ0v) is 19.5. The molecule has 0 unspecified atom stereocenters. The number of unbranched alkanes of at least 4 members (excludes halogenated alkanes) is 3. The first kappa shape index (κ1) is 28.5. The third kappa shape index (κ3) is 12.5. The Morgan fingerprint density at radius 1 is 0.800 bits per heavy atom. The van der Waals surface area contributed by atoms with E-state index in [-0.39, 0.29) is 12.4 Å². The van der Waals surface area contributed by atoms with Gasteiger partial charge in [-0.3, -0.25) is 0 Å². The Hall–Kier alpha value is -2.74. The number of aliphatic hydroxyl groups is 1. The lowest BCUT2D eigenvalue weighted by molar-refractivity contribution is -0.274. The van der Waals surface area contributed by atoms with Gasteiger partial charge >= 0.3 is 6.36 Å². The maximum atomic E-state index is 12.4. The van der Waals surface area contributed by atoms with E-state index in [1.54, 1.807) is 0 Å². The highest BCUT2D eigenvalue weighted by atomic mass is 19.4. The van der Waals surface area contributed by atoms with Gasteiger partial charge in [0.05, 0.1) is 26.4 Å². The van der Waals surface area contributed by atoms with E-state index in [2.05, 4.69) is 30.3 Å². The smallest absolute Gasteiger partial charge is 0.406 e. The maximum Gasteiger partial charge on any atom is 0.573 e. The SMILES string of the molecule is NCCOCCOCCNc1nc(NCCCCCCO)nc(-c2ccc(OC(F)(F)F)cc2)n1. The van der Waals surface area contributed by atoms with Crippen molar-refractivity contribution < 1.29 is 32.5 Å². The molecule has 0 spiro atoms. The van der Waals surface area contributed by atoms with Crippen LogP contribution in [0.4, 0.5) is 25.1 Å². The third-order valence-electron chi connectivity index (χ3n) is 4.51. The Kier molecular flexibility index (Phi) is 13.0. The van der Waals surface area contributed by atoms with Crippen molar-refractivity contribution in [2.24, 2.45) is 5.73 Å². The van der Waals surface area contributed by atoms with Gasteiger partial charge in [-0.2, -0.15) is 15.0 Å². The third-order valence-corrected chi connectivity index (χ3v) is 4.51. The molecule has 0 amide bonds. The van der Waals surface area contributed by atoms with Crippen LogP contribution in [0.2, 0.25) is 0 Å². The van der Waals surface area contributed by atoms with Crippen LogP contribution in [0.5, 0.6) is 5.75 Å². The van der Waals surface area contributed by atoms with Gasteiger partial charge in [-0.05, 0) is 37.1 Å². The van der Waals surface area contributed by atoms with Gasteiger partial charge in [0.25, 0.3) is 0 Å². The molecule has 10 nitrogen and oxygen atoms in total. The van der Waals surface area contributed by atoms with E-state index in [4.69, 9.17) is 20.3 Å². The lowest BCUT2D eigenvalue weighted by Crippen LogP contribution is -2.17. The van der Waals surface area contributed by atoms with Gasteiger partial charge in [0, 0.05) is 31.8 Å². The van der Waals surface area contributed by atoms with Gasteiger partial charge in [0.2, 0.25) is 11.9 Å². The van der Waals surface area contributed by atoms with Gasteiger partial charge in [0.1, 0.15) is 5.75 Å². The summed E-state index contributed by atoms with van der Waals surface area (Å²) in [5.41, 5.74) is 5.85. The van der Waals surface area contributed by atoms with Crippen LogP contribution in [-0.4, -0.2) is 79.1 Å². The summed E-state index contributed by atoms with van der Waals surface area (Å²) in [6.07, 6.45) is -1.26. The molecule has 0 fully saturated rings. The van der Waals surface area contributed by atoms with Gasteiger partial charge in [-0.1, -0.05) is 12.8 Å². The van der Waals surface area contributed by atoms with Crippen LogP contribution in [0.1, 0.15) is 25.7 Å². The molecule has 0 atom stereocenters. The fourth-order valence-corrected chi connectivity index (χ4v) is 2.90. The molecule has 0 bridgehead atoms. The van der Waals surface area contributed by atoms with Crippen LogP contribution < -0.4 is 21.1 Å². The summed E-state index contributed by atoms with van der Waals surface area (Å²) >= 11 is 0. The largest absolute Gasteiger partial charge is 0.573 e. The predicted octanol–water partition coefficient (Wildman–Crippen LogP) is 2.81. The van der Waals surface area contributed by atoms with E-state index in [9.17, 15) is 13.2 Å². The van der Waals surface area contributed by atoms with Crippen LogP contribution in [0.3, 0.4) is 0 Å². The van der Waals surface area contributed by atoms with Crippen molar-refractivity contribution in [1.29, 1.82) is 0 Å². The van der Waals surface area contributed by atoms with E-state index >= 15 is 0 Å². The minimum atomic E-state index is -4.77. The highest BCUT2D eigenvalue weighted by Crippen LogP contribution is 2.26. The standard InChI is InChI=1S/C22H33F3N6O4/c23-22(24,25)35-18-7-5-17(6-8-18)19-29-20(27-10-3-1-2-4-12-32)31-21(30-19)28-11-14-34-16-15-33-13-9-26/h5-8,32H,1-4,9-16,26H2,(H2,27,28,29,30,31). The van der Waals surface area contributed by atoms with E-state index in [0.717, 1.165) is 25.7 Å². The molecule has 0 aliphatic rings. The second kappa shape index (κ2) is 16.0. The van der Waals surface area contributed by atoms with Crippen molar-refractivity contribution in [2.45, 2.75) is 32.0 Å². The van der Waals surface area contributed by atoms with Crippen LogP contribution in [-0.2, 0) is 9.47 Å². The minimum absolute atomic E-state index is 0.177. The van der Waals surface area contributed by atoms with Gasteiger partial charge in [-0.25, -0.2) is 0 Å². The molecule has 13 heteroatoms. The first-order chi connectivity index (χ1) is 16.9. The molecule has 0 radical (unpaired) electrons. The normalized spacial score (nSPS) is 11.5. The van der Waals surface area contributed by atoms with Gasteiger partial charge < -0.3 is 35.7 Å². The molecule has 1 heterocycles. The van der Waals surface area contributed by atoms with E-state index in [1.165, 1.54) is 24.3 Å². The van der Waals surface area contributed by atoms with Crippen LogP contribution >= 0.6 is 0 Å². The Bertz CT molecular complexity index is 843. The molecule has 2 aromatic rings. The zero-order valence-electron chi connectivity index (χ0n) is 19.5. The van der Waals surface area contributed by atoms with Gasteiger partial charge in [0.15, 0.2) is 5.82 Å². The Morgan fingerprint density at radius 2 is 1.43 bits per heavy atom. The first-order valence-electron chi connectivity index (χ1n) is 11.5. The number of nitrogens with zero attached hydrogens (tertiary/aromatic N) is 3. The summed E-state index contributed by atoms with van der Waals surface area (Å²) in [7, 11) is 0. The van der Waals surface area contributed by atoms with Crippen molar-refractivity contribution in [1.82, 2.24) is 15.0 Å². The molecule has 0 aliphatic carbocycles. The summed E-state index contributed by atoms with van der Waals surface area (Å²) in [6.45, 7) is 3.45. The summed E-state index contributed by atoms with van der Waals surface area (Å²) in [5, 5.41) is 15.1. The topological polar surface area (TPSA) is 137 Å². The number of hydrogen-bond acceptors (Lipinski definition) is 10. The fraction of sp³-hybridized carbons (Fsp3) is 0.591. The highest BCUT2D eigenvalue weighted by Gasteiger charge is 2.31. The van der Waals surface area contributed by atoms with Crippen molar-refractivity contribution in [3.8, 4) is 17.1 Å². The summed E-state index contributed by atoms with van der Waals surface area (Å²) in [6, 6.07) is 5.30. The zero-order chi connectivity index (χ0) is 25.4.